The number of nitrogens with one attached hydrogen (secondary N) is 1. The molecule has 0 saturated heterocycles. The molecule has 2 N–H and O–H groups in total. The van der Waals surface area contributed by atoms with Gasteiger partial charge in [-0.05, 0) is 30.4 Å². The summed E-state index contributed by atoms with van der Waals surface area (Å²) in [6.45, 7) is 4.36. The van der Waals surface area contributed by atoms with Gasteiger partial charge in [0.15, 0.2) is 9.84 Å². The Balaban J connectivity index is 2.26. The molecule has 2 rings (SSSR count). The van der Waals surface area contributed by atoms with Crippen molar-refractivity contribution >= 4 is 9.84 Å². The fourth-order valence-electron chi connectivity index (χ4n) is 2.77. The third kappa shape index (κ3) is 3.22. The predicted octanol–water partition coefficient (Wildman–Crippen LogP) is 1.90. The van der Waals surface area contributed by atoms with Crippen molar-refractivity contribution in [2.24, 2.45) is 5.92 Å². The van der Waals surface area contributed by atoms with Gasteiger partial charge in [-0.3, -0.25) is 0 Å². The molecule has 0 spiro atoms. The fraction of sp³-hybridized carbons (Fsp3) is 0.600. The molecule has 0 amide bonds. The molecule has 4 nitrogen and oxygen atoms in total. The Labute approximate surface area is 121 Å². The number of hydrogen-bond donors (Lipinski definition) is 2. The second kappa shape index (κ2) is 6.24. The Morgan fingerprint density at radius 3 is 2.70 bits per heavy atom. The van der Waals surface area contributed by atoms with Crippen LogP contribution in [0.3, 0.4) is 0 Å². The summed E-state index contributed by atoms with van der Waals surface area (Å²) in [5.41, 5.74) is 0.863. The molecule has 0 saturated carbocycles. The molecule has 0 bridgehead atoms. The molecular formula is C15H23NO3S. The van der Waals surface area contributed by atoms with E-state index in [4.69, 9.17) is 5.11 Å². The number of rotatable bonds is 5. The van der Waals surface area contributed by atoms with Crippen LogP contribution in [-0.4, -0.2) is 31.9 Å². The molecule has 0 aliphatic carbocycles. The minimum atomic E-state index is -3.13. The molecule has 20 heavy (non-hydrogen) atoms. The lowest BCUT2D eigenvalue weighted by molar-refractivity contribution is 0.233. The van der Waals surface area contributed by atoms with Gasteiger partial charge in [0.05, 0.1) is 10.6 Å². The lowest BCUT2D eigenvalue weighted by atomic mass is 9.96. The maximum absolute atomic E-state index is 12.1. The first-order valence-electron chi connectivity index (χ1n) is 7.14. The first-order chi connectivity index (χ1) is 9.45. The Morgan fingerprint density at radius 2 is 2.05 bits per heavy atom. The largest absolute Gasteiger partial charge is 0.396 e. The van der Waals surface area contributed by atoms with Gasteiger partial charge in [-0.1, -0.05) is 32.0 Å². The van der Waals surface area contributed by atoms with E-state index < -0.39 is 9.84 Å². The quantitative estimate of drug-likeness (QED) is 0.871. The topological polar surface area (TPSA) is 66.4 Å². The van der Waals surface area contributed by atoms with Gasteiger partial charge in [0.1, 0.15) is 0 Å². The zero-order valence-electron chi connectivity index (χ0n) is 12.0. The highest BCUT2D eigenvalue weighted by atomic mass is 32.2. The summed E-state index contributed by atoms with van der Waals surface area (Å²) in [6.07, 6.45) is 1.27. The van der Waals surface area contributed by atoms with Crippen LogP contribution >= 0.6 is 0 Å². The average Bonchev–Trinajstić information content (AvgIpc) is 2.41. The van der Waals surface area contributed by atoms with Crippen LogP contribution in [0, 0.1) is 5.92 Å². The second-order valence-corrected chi connectivity index (χ2v) is 7.80. The predicted molar refractivity (Wildman–Crippen MR) is 79.3 cm³/mol. The SMILES string of the molecule is CC(C)C(CCO)NC1CCS(=O)(=O)c2ccccc21. The van der Waals surface area contributed by atoms with Gasteiger partial charge in [-0.2, -0.15) is 0 Å². The van der Waals surface area contributed by atoms with E-state index in [0.29, 0.717) is 23.7 Å². The van der Waals surface area contributed by atoms with E-state index in [2.05, 4.69) is 19.2 Å². The Morgan fingerprint density at radius 1 is 1.35 bits per heavy atom. The lowest BCUT2D eigenvalue weighted by Gasteiger charge is -2.32. The molecule has 2 atom stereocenters. The molecule has 1 aliphatic heterocycles. The standard InChI is InChI=1S/C15H23NO3S/c1-11(2)13(7-9-17)16-14-8-10-20(18,19)15-6-4-3-5-12(14)15/h3-6,11,13-14,16-17H,7-10H2,1-2H3. The number of hydrogen-bond acceptors (Lipinski definition) is 4. The summed E-state index contributed by atoms with van der Waals surface area (Å²) in [7, 11) is -3.13. The van der Waals surface area contributed by atoms with Crippen molar-refractivity contribution in [1.82, 2.24) is 5.32 Å². The van der Waals surface area contributed by atoms with Crippen LogP contribution in [0.15, 0.2) is 29.2 Å². The minimum absolute atomic E-state index is 0.0497. The van der Waals surface area contributed by atoms with Crippen LogP contribution in [0.4, 0.5) is 0 Å². The Bertz CT molecular complexity index is 554. The highest BCUT2D eigenvalue weighted by Crippen LogP contribution is 2.32. The molecule has 1 aromatic rings. The highest BCUT2D eigenvalue weighted by molar-refractivity contribution is 7.91. The van der Waals surface area contributed by atoms with Gasteiger partial charge in [0.25, 0.3) is 0 Å². The van der Waals surface area contributed by atoms with E-state index in [9.17, 15) is 8.42 Å². The number of fused-ring (bicyclic) bond motifs is 1. The summed E-state index contributed by atoms with van der Waals surface area (Å²) in [5, 5.41) is 12.7. The highest BCUT2D eigenvalue weighted by Gasteiger charge is 2.31. The maximum Gasteiger partial charge on any atom is 0.178 e. The summed E-state index contributed by atoms with van der Waals surface area (Å²) >= 11 is 0. The fourth-order valence-corrected chi connectivity index (χ4v) is 4.39. The van der Waals surface area contributed by atoms with Crippen LogP contribution in [0.1, 0.15) is 38.3 Å². The minimum Gasteiger partial charge on any atom is -0.396 e. The molecule has 1 heterocycles. The van der Waals surface area contributed by atoms with Crippen molar-refractivity contribution in [2.45, 2.75) is 43.7 Å². The molecule has 2 unspecified atom stereocenters. The van der Waals surface area contributed by atoms with Gasteiger partial charge >= 0.3 is 0 Å². The van der Waals surface area contributed by atoms with Crippen molar-refractivity contribution in [3.63, 3.8) is 0 Å². The van der Waals surface area contributed by atoms with Gasteiger partial charge in [-0.15, -0.1) is 0 Å². The van der Waals surface area contributed by atoms with Gasteiger partial charge in [-0.25, -0.2) is 8.42 Å². The third-order valence-electron chi connectivity index (χ3n) is 3.96. The van der Waals surface area contributed by atoms with Gasteiger partial charge < -0.3 is 10.4 Å². The van der Waals surface area contributed by atoms with Crippen LogP contribution in [0.2, 0.25) is 0 Å². The summed E-state index contributed by atoms with van der Waals surface area (Å²) < 4.78 is 24.2. The summed E-state index contributed by atoms with van der Waals surface area (Å²) in [5.74, 6) is 0.582. The average molecular weight is 297 g/mol. The van der Waals surface area contributed by atoms with Crippen molar-refractivity contribution in [3.05, 3.63) is 29.8 Å². The van der Waals surface area contributed by atoms with Crippen LogP contribution in [0.25, 0.3) is 0 Å². The monoisotopic (exact) mass is 297 g/mol. The summed E-state index contributed by atoms with van der Waals surface area (Å²) in [6, 6.07) is 7.47. The molecule has 1 aromatic carbocycles. The van der Waals surface area contributed by atoms with Crippen molar-refractivity contribution in [1.29, 1.82) is 0 Å². The van der Waals surface area contributed by atoms with Crippen LogP contribution < -0.4 is 5.32 Å². The van der Waals surface area contributed by atoms with E-state index >= 15 is 0 Å². The molecule has 112 valence electrons. The lowest BCUT2D eigenvalue weighted by Crippen LogP contribution is -2.40. The van der Waals surface area contributed by atoms with E-state index in [1.807, 2.05) is 12.1 Å². The van der Waals surface area contributed by atoms with E-state index in [-0.39, 0.29) is 24.4 Å². The maximum atomic E-state index is 12.1. The van der Waals surface area contributed by atoms with E-state index in [1.165, 1.54) is 0 Å². The van der Waals surface area contributed by atoms with E-state index in [0.717, 1.165) is 5.56 Å². The van der Waals surface area contributed by atoms with Crippen LogP contribution in [-0.2, 0) is 9.84 Å². The third-order valence-corrected chi connectivity index (χ3v) is 5.78. The first kappa shape index (κ1) is 15.5. The number of aliphatic hydroxyl groups excluding tert-OH is 1. The normalized spacial score (nSPS) is 22.5. The van der Waals surface area contributed by atoms with Gasteiger partial charge in [0, 0.05) is 18.7 Å². The number of benzene rings is 1. The summed E-state index contributed by atoms with van der Waals surface area (Å²) in [4.78, 5) is 0.454. The number of aliphatic hydroxyl groups is 1. The first-order valence-corrected chi connectivity index (χ1v) is 8.79. The molecule has 0 fully saturated rings. The van der Waals surface area contributed by atoms with Crippen molar-refractivity contribution in [2.75, 3.05) is 12.4 Å². The Kier molecular flexibility index (Phi) is 4.83. The van der Waals surface area contributed by atoms with Crippen LogP contribution in [0.5, 0.6) is 0 Å². The van der Waals surface area contributed by atoms with E-state index in [1.54, 1.807) is 12.1 Å². The van der Waals surface area contributed by atoms with Crippen molar-refractivity contribution in [3.8, 4) is 0 Å². The molecule has 0 radical (unpaired) electrons. The molecule has 5 heteroatoms. The van der Waals surface area contributed by atoms with Gasteiger partial charge in [0.2, 0.25) is 0 Å². The molecule has 1 aliphatic rings. The number of sulfone groups is 1. The zero-order chi connectivity index (χ0) is 14.8. The molecule has 0 aromatic heterocycles. The zero-order valence-corrected chi connectivity index (χ0v) is 12.9. The second-order valence-electron chi connectivity index (χ2n) is 5.73. The Hall–Kier alpha value is -0.910. The smallest absolute Gasteiger partial charge is 0.178 e. The molecular weight excluding hydrogens is 274 g/mol. The van der Waals surface area contributed by atoms with Crippen molar-refractivity contribution < 1.29 is 13.5 Å².